The van der Waals surface area contributed by atoms with Crippen LogP contribution in [0, 0.1) is 0 Å². The van der Waals surface area contributed by atoms with Crippen molar-refractivity contribution in [3.63, 3.8) is 0 Å². The molecule has 8 N–H and O–H groups in total. The van der Waals surface area contributed by atoms with Gasteiger partial charge in [-0.1, -0.05) is 78.9 Å². The maximum absolute atomic E-state index is 13.8. The molecule has 0 aliphatic rings. The van der Waals surface area contributed by atoms with E-state index < -0.39 is 54.0 Å². The lowest BCUT2D eigenvalue weighted by Crippen LogP contribution is -2.59. The van der Waals surface area contributed by atoms with Gasteiger partial charge in [-0.05, 0) is 29.7 Å². The number of benzene rings is 3. The summed E-state index contributed by atoms with van der Waals surface area (Å²) in [5, 5.41) is 28.5. The Labute approximate surface area is 254 Å². The number of aliphatic hydroxyl groups excluding tert-OH is 1. The molecule has 0 saturated heterocycles. The van der Waals surface area contributed by atoms with Gasteiger partial charge in [0, 0.05) is 36.4 Å². The third-order valence-electron chi connectivity index (χ3n) is 7.37. The number of aliphatic carboxylic acids is 1. The van der Waals surface area contributed by atoms with Crippen LogP contribution in [0.3, 0.4) is 0 Å². The number of hydrogen-bond acceptors (Lipinski definition) is 6. The lowest BCUT2D eigenvalue weighted by atomic mass is 10.0. The molecular formula is C33H37N5O6. The van der Waals surface area contributed by atoms with E-state index in [-0.39, 0.29) is 19.3 Å². The molecule has 4 rings (SSSR count). The van der Waals surface area contributed by atoms with Gasteiger partial charge in [-0.2, -0.15) is 0 Å². The van der Waals surface area contributed by atoms with Crippen LogP contribution in [-0.4, -0.2) is 69.2 Å². The first kappa shape index (κ1) is 31.9. The maximum atomic E-state index is 13.8. The van der Waals surface area contributed by atoms with Gasteiger partial charge in [-0.15, -0.1) is 0 Å². The van der Waals surface area contributed by atoms with E-state index in [0.29, 0.717) is 0 Å². The number of amides is 3. The van der Waals surface area contributed by atoms with Crippen LogP contribution in [0.1, 0.15) is 23.6 Å². The zero-order valence-corrected chi connectivity index (χ0v) is 24.3. The van der Waals surface area contributed by atoms with E-state index in [2.05, 4.69) is 20.9 Å². The van der Waals surface area contributed by atoms with Crippen molar-refractivity contribution in [2.45, 2.75) is 56.5 Å². The summed E-state index contributed by atoms with van der Waals surface area (Å²) < 4.78 is 0. The minimum Gasteiger partial charge on any atom is -0.480 e. The van der Waals surface area contributed by atoms with E-state index in [0.717, 1.165) is 27.6 Å². The smallest absolute Gasteiger partial charge is 0.326 e. The van der Waals surface area contributed by atoms with Gasteiger partial charge in [0.05, 0.1) is 6.10 Å². The van der Waals surface area contributed by atoms with Gasteiger partial charge >= 0.3 is 5.97 Å². The molecule has 0 saturated carbocycles. The van der Waals surface area contributed by atoms with E-state index in [1.807, 2.05) is 36.4 Å². The minimum atomic E-state index is -1.28. The van der Waals surface area contributed by atoms with Gasteiger partial charge in [-0.25, -0.2) is 4.79 Å². The number of fused-ring (bicyclic) bond motifs is 1. The predicted molar refractivity (Wildman–Crippen MR) is 165 cm³/mol. The highest BCUT2D eigenvalue weighted by molar-refractivity contribution is 5.95. The summed E-state index contributed by atoms with van der Waals surface area (Å²) in [5.74, 6) is -3.32. The molecule has 4 aromatic rings. The Bertz CT molecular complexity index is 1570. The molecule has 1 heterocycles. The van der Waals surface area contributed by atoms with E-state index in [4.69, 9.17) is 5.73 Å². The number of aromatic amines is 1. The van der Waals surface area contributed by atoms with Crippen LogP contribution >= 0.6 is 0 Å². The highest BCUT2D eigenvalue weighted by Crippen LogP contribution is 2.19. The van der Waals surface area contributed by atoms with Gasteiger partial charge in [0.1, 0.15) is 24.2 Å². The van der Waals surface area contributed by atoms with E-state index in [1.165, 1.54) is 6.92 Å². The van der Waals surface area contributed by atoms with Crippen molar-refractivity contribution in [3.8, 4) is 0 Å². The van der Waals surface area contributed by atoms with Gasteiger partial charge < -0.3 is 36.9 Å². The second kappa shape index (κ2) is 14.9. The second-order valence-corrected chi connectivity index (χ2v) is 10.7. The zero-order chi connectivity index (χ0) is 31.6. The molecule has 0 bridgehead atoms. The fourth-order valence-electron chi connectivity index (χ4n) is 4.87. The number of carboxylic acid groups (broad SMARTS) is 1. The first-order valence-electron chi connectivity index (χ1n) is 14.3. The summed E-state index contributed by atoms with van der Waals surface area (Å²) in [4.78, 5) is 55.5. The van der Waals surface area contributed by atoms with Gasteiger partial charge in [-0.3, -0.25) is 14.4 Å². The van der Waals surface area contributed by atoms with Crippen LogP contribution in [0.25, 0.3) is 10.9 Å². The Hall–Kier alpha value is -5.00. The van der Waals surface area contributed by atoms with E-state index in [1.54, 1.807) is 54.7 Å². The Morgan fingerprint density at radius 1 is 0.705 bits per heavy atom. The normalized spacial score (nSPS) is 14.5. The average molecular weight is 600 g/mol. The number of carbonyl (C=O) groups excluding carboxylic acids is 3. The van der Waals surface area contributed by atoms with Crippen molar-refractivity contribution in [2.24, 2.45) is 5.73 Å². The van der Waals surface area contributed by atoms with Gasteiger partial charge in [0.2, 0.25) is 17.7 Å². The van der Waals surface area contributed by atoms with Crippen molar-refractivity contribution >= 4 is 34.6 Å². The van der Waals surface area contributed by atoms with Crippen LogP contribution in [0.15, 0.2) is 91.1 Å². The summed E-state index contributed by atoms with van der Waals surface area (Å²) in [6.07, 6.45) is 0.741. The summed E-state index contributed by atoms with van der Waals surface area (Å²) in [5.41, 5.74) is 8.85. The number of carbonyl (C=O) groups is 4. The number of nitrogens with two attached hydrogens (primary N) is 1. The molecule has 230 valence electrons. The van der Waals surface area contributed by atoms with Crippen LogP contribution in [-0.2, 0) is 38.4 Å². The molecule has 1 aromatic heterocycles. The molecule has 0 aliphatic heterocycles. The second-order valence-electron chi connectivity index (χ2n) is 10.7. The number of hydrogen-bond donors (Lipinski definition) is 7. The molecule has 0 spiro atoms. The highest BCUT2D eigenvalue weighted by Gasteiger charge is 2.32. The minimum absolute atomic E-state index is 0.0401. The van der Waals surface area contributed by atoms with Gasteiger partial charge in [0.25, 0.3) is 0 Å². The zero-order valence-electron chi connectivity index (χ0n) is 24.3. The lowest BCUT2D eigenvalue weighted by Gasteiger charge is -2.26. The molecule has 5 unspecified atom stereocenters. The summed E-state index contributed by atoms with van der Waals surface area (Å²) in [7, 11) is 0. The molecule has 3 amide bonds. The third kappa shape index (κ3) is 8.52. The van der Waals surface area contributed by atoms with Crippen molar-refractivity contribution < 1.29 is 29.4 Å². The summed E-state index contributed by atoms with van der Waals surface area (Å²) >= 11 is 0. The van der Waals surface area contributed by atoms with E-state index in [9.17, 15) is 29.4 Å². The van der Waals surface area contributed by atoms with Crippen molar-refractivity contribution in [2.75, 3.05) is 0 Å². The molecule has 5 atom stereocenters. The maximum Gasteiger partial charge on any atom is 0.326 e. The Morgan fingerprint density at radius 3 is 1.75 bits per heavy atom. The number of nitrogens with one attached hydrogen (secondary N) is 4. The van der Waals surface area contributed by atoms with Crippen molar-refractivity contribution in [3.05, 3.63) is 108 Å². The molecular weight excluding hydrogens is 562 g/mol. The van der Waals surface area contributed by atoms with Crippen LogP contribution in [0.4, 0.5) is 0 Å². The fourth-order valence-corrected chi connectivity index (χ4v) is 4.87. The summed E-state index contributed by atoms with van der Waals surface area (Å²) in [6.45, 7) is 1.37. The number of H-pyrrole nitrogens is 1. The first-order valence-corrected chi connectivity index (χ1v) is 14.3. The van der Waals surface area contributed by atoms with E-state index >= 15 is 0 Å². The standard InChI is InChI=1S/C33H37N5O6/c1-20(39)29(34)32(42)37-26(16-21-10-4-2-5-11-21)30(40)36-27(18-23-19-35-25-15-9-8-14-24(23)25)31(41)38-28(33(43)44)17-22-12-6-3-7-13-22/h2-15,19-20,26-29,35,39H,16-18,34H2,1H3,(H,36,40)(H,37,42)(H,38,41)(H,43,44). The van der Waals surface area contributed by atoms with Gasteiger partial charge in [0.15, 0.2) is 0 Å². The van der Waals surface area contributed by atoms with Crippen LogP contribution < -0.4 is 21.7 Å². The van der Waals surface area contributed by atoms with Crippen LogP contribution in [0.5, 0.6) is 0 Å². The summed E-state index contributed by atoms with van der Waals surface area (Å²) in [6, 6.07) is 20.5. The molecule has 44 heavy (non-hydrogen) atoms. The molecule has 11 nitrogen and oxygen atoms in total. The van der Waals surface area contributed by atoms with Crippen LogP contribution in [0.2, 0.25) is 0 Å². The molecule has 0 aliphatic carbocycles. The SMILES string of the molecule is CC(O)C(N)C(=O)NC(Cc1ccccc1)C(=O)NC(Cc1c[nH]c2ccccc12)C(=O)NC(Cc1ccccc1)C(=O)O. The number of aliphatic hydroxyl groups is 1. The van der Waals surface area contributed by atoms with Crippen molar-refractivity contribution in [1.82, 2.24) is 20.9 Å². The Morgan fingerprint density at radius 2 is 1.18 bits per heavy atom. The quantitative estimate of drug-likeness (QED) is 0.114. The number of aromatic nitrogens is 1. The number of para-hydroxylation sites is 1. The largest absolute Gasteiger partial charge is 0.480 e. The average Bonchev–Trinajstić information content (AvgIpc) is 3.43. The highest BCUT2D eigenvalue weighted by atomic mass is 16.4. The molecule has 0 fully saturated rings. The van der Waals surface area contributed by atoms with Crippen molar-refractivity contribution in [1.29, 1.82) is 0 Å². The first-order chi connectivity index (χ1) is 21.1. The lowest BCUT2D eigenvalue weighted by molar-refractivity contribution is -0.142. The molecule has 11 heteroatoms. The topological polar surface area (TPSA) is 187 Å². The monoisotopic (exact) mass is 599 g/mol. The molecule has 0 radical (unpaired) electrons. The Kier molecular flexibility index (Phi) is 10.8. The number of carboxylic acids is 1. The fraction of sp³-hybridized carbons (Fsp3) is 0.273. The molecule has 3 aromatic carbocycles. The predicted octanol–water partition coefficient (Wildman–Crippen LogP) is 1.44. The number of rotatable bonds is 14. The Balaban J connectivity index is 1.61. The third-order valence-corrected chi connectivity index (χ3v) is 7.37.